The molecule has 3 rings (SSSR count). The van der Waals surface area contributed by atoms with Gasteiger partial charge in [0.15, 0.2) is 0 Å². The van der Waals surface area contributed by atoms with Gasteiger partial charge in [-0.15, -0.1) is 0 Å². The molecule has 32 heavy (non-hydrogen) atoms. The molecule has 1 aliphatic rings. The highest BCUT2D eigenvalue weighted by Gasteiger charge is 2.28. The second kappa shape index (κ2) is 12.1. The van der Waals surface area contributed by atoms with Crippen LogP contribution in [-0.2, 0) is 6.61 Å². The molecule has 174 valence electrons. The van der Waals surface area contributed by atoms with Crippen LogP contribution in [0.15, 0.2) is 66.2 Å². The first-order chi connectivity index (χ1) is 15.4. The highest BCUT2D eigenvalue weighted by molar-refractivity contribution is 5.51. The zero-order valence-electron chi connectivity index (χ0n) is 20.3. The highest BCUT2D eigenvalue weighted by atomic mass is 16.5. The maximum atomic E-state index is 6.39. The fourth-order valence-corrected chi connectivity index (χ4v) is 4.47. The first kappa shape index (κ1) is 24.3. The van der Waals surface area contributed by atoms with E-state index >= 15 is 0 Å². The molecule has 1 unspecified atom stereocenters. The molecule has 2 aromatic carbocycles. The van der Waals surface area contributed by atoms with E-state index < -0.39 is 0 Å². The van der Waals surface area contributed by atoms with Crippen LogP contribution in [0.4, 0.5) is 5.69 Å². The zero-order valence-corrected chi connectivity index (χ0v) is 20.3. The van der Waals surface area contributed by atoms with Crippen molar-refractivity contribution in [2.24, 2.45) is 11.7 Å². The van der Waals surface area contributed by atoms with Gasteiger partial charge in [-0.2, -0.15) is 0 Å². The smallest absolute Gasteiger partial charge is 0.119 e. The fourth-order valence-electron chi connectivity index (χ4n) is 4.47. The summed E-state index contributed by atoms with van der Waals surface area (Å²) < 4.78 is 5.99. The van der Waals surface area contributed by atoms with E-state index in [1.54, 1.807) is 0 Å². The van der Waals surface area contributed by atoms with Gasteiger partial charge in [0.1, 0.15) is 12.4 Å². The second-order valence-electron chi connectivity index (χ2n) is 9.79. The summed E-state index contributed by atoms with van der Waals surface area (Å²) in [5, 5.41) is 0. The molecule has 1 aliphatic heterocycles. The van der Waals surface area contributed by atoms with Gasteiger partial charge in [0.05, 0.1) is 0 Å². The Morgan fingerprint density at radius 3 is 2.50 bits per heavy atom. The number of hydrogen-bond donors (Lipinski definition) is 1. The Morgan fingerprint density at radius 2 is 1.84 bits per heavy atom. The van der Waals surface area contributed by atoms with Crippen LogP contribution in [0.2, 0.25) is 0 Å². The Hall–Kier alpha value is -2.30. The lowest BCUT2D eigenvalue weighted by molar-refractivity contribution is 0.292. The molecule has 4 heteroatoms. The minimum absolute atomic E-state index is 0.265. The minimum atomic E-state index is 0.265. The van der Waals surface area contributed by atoms with E-state index in [1.165, 1.54) is 23.2 Å². The number of allylic oxidation sites excluding steroid dienone is 1. The summed E-state index contributed by atoms with van der Waals surface area (Å²) in [4.78, 5) is 5.09. The fraction of sp³-hybridized carbons (Fsp3) is 0.500. The lowest BCUT2D eigenvalue weighted by Crippen LogP contribution is -2.41. The van der Waals surface area contributed by atoms with E-state index in [1.807, 2.05) is 18.2 Å². The van der Waals surface area contributed by atoms with E-state index in [0.717, 1.165) is 38.3 Å². The van der Waals surface area contributed by atoms with Gasteiger partial charge in [-0.25, -0.2) is 0 Å². The number of rotatable bonds is 11. The first-order valence-corrected chi connectivity index (χ1v) is 12.1. The normalized spacial score (nSPS) is 17.4. The summed E-state index contributed by atoms with van der Waals surface area (Å²) in [6.07, 6.45) is 4.59. The Labute approximate surface area is 195 Å². The number of nitrogens with two attached hydrogens (primary N) is 1. The van der Waals surface area contributed by atoms with E-state index in [9.17, 15) is 0 Å². The molecule has 0 aromatic heterocycles. The van der Waals surface area contributed by atoms with Crippen molar-refractivity contribution < 1.29 is 4.74 Å². The molecule has 0 aliphatic carbocycles. The Kier molecular flexibility index (Phi) is 9.19. The monoisotopic (exact) mass is 435 g/mol. The van der Waals surface area contributed by atoms with Gasteiger partial charge in [-0.3, -0.25) is 4.90 Å². The minimum Gasteiger partial charge on any atom is -0.489 e. The number of nitrogens with zero attached hydrogens (tertiary/aromatic N) is 2. The van der Waals surface area contributed by atoms with Crippen molar-refractivity contribution in [3.63, 3.8) is 0 Å². The molecular formula is C28H41N3O. The summed E-state index contributed by atoms with van der Waals surface area (Å²) in [5.74, 6) is 1.56. The van der Waals surface area contributed by atoms with Gasteiger partial charge in [0.2, 0.25) is 0 Å². The predicted molar refractivity (Wildman–Crippen MR) is 136 cm³/mol. The van der Waals surface area contributed by atoms with E-state index in [0.29, 0.717) is 18.6 Å². The molecule has 1 saturated heterocycles. The number of anilines is 1. The van der Waals surface area contributed by atoms with Crippen molar-refractivity contribution >= 4 is 5.69 Å². The van der Waals surface area contributed by atoms with Crippen LogP contribution >= 0.6 is 0 Å². The largest absolute Gasteiger partial charge is 0.489 e. The molecule has 2 atom stereocenters. The molecule has 0 bridgehead atoms. The molecule has 2 aromatic rings. The Balaban J connectivity index is 1.63. The van der Waals surface area contributed by atoms with E-state index in [-0.39, 0.29) is 6.04 Å². The average molecular weight is 436 g/mol. The summed E-state index contributed by atoms with van der Waals surface area (Å²) >= 11 is 0. The topological polar surface area (TPSA) is 41.7 Å². The maximum Gasteiger partial charge on any atom is 0.119 e. The third-order valence-corrected chi connectivity index (χ3v) is 6.07. The summed E-state index contributed by atoms with van der Waals surface area (Å²) in [6.45, 7) is 13.6. The van der Waals surface area contributed by atoms with Gasteiger partial charge in [0, 0.05) is 44.0 Å². The molecule has 0 spiro atoms. The quantitative estimate of drug-likeness (QED) is 0.474. The predicted octanol–water partition coefficient (Wildman–Crippen LogP) is 5.49. The van der Waals surface area contributed by atoms with Gasteiger partial charge in [-0.05, 0) is 62.4 Å². The first-order valence-electron chi connectivity index (χ1n) is 12.1. The van der Waals surface area contributed by atoms with Crippen molar-refractivity contribution in [1.82, 2.24) is 4.90 Å². The molecule has 1 fully saturated rings. The molecule has 1 heterocycles. The Bertz CT molecular complexity index is 828. The molecular weight excluding hydrogens is 394 g/mol. The number of benzene rings is 2. The van der Waals surface area contributed by atoms with Crippen LogP contribution in [-0.4, -0.2) is 43.2 Å². The van der Waals surface area contributed by atoms with Crippen LogP contribution in [0, 0.1) is 5.92 Å². The summed E-state index contributed by atoms with van der Waals surface area (Å²) in [6, 6.07) is 19.7. The van der Waals surface area contributed by atoms with E-state index in [2.05, 4.69) is 80.0 Å². The average Bonchev–Trinajstić information content (AvgIpc) is 3.21. The molecule has 4 nitrogen and oxygen atoms in total. The van der Waals surface area contributed by atoms with Gasteiger partial charge in [-0.1, -0.05) is 55.8 Å². The second-order valence-corrected chi connectivity index (χ2v) is 9.79. The maximum absolute atomic E-state index is 6.39. The molecule has 0 amide bonds. The van der Waals surface area contributed by atoms with Crippen molar-refractivity contribution in [2.75, 3.05) is 31.1 Å². The molecule has 2 N–H and O–H groups in total. The third kappa shape index (κ3) is 7.68. The lowest BCUT2D eigenvalue weighted by Gasteiger charge is -2.31. The van der Waals surface area contributed by atoms with Crippen LogP contribution in [0.25, 0.3) is 0 Å². The standard InChI is InChI=1S/C28H41N3O/c1-22(2)14-17-31(27-15-16-30(20-27)19-25(29)18-23(3)4)26-10-12-28(13-11-26)32-21-24-8-6-5-7-9-24/h5-14,23,25,27H,15-21,29H2,1-4H3/t25?,27-/m0/s1. The number of hydrogen-bond acceptors (Lipinski definition) is 4. The summed E-state index contributed by atoms with van der Waals surface area (Å²) in [5.41, 5.74) is 10.2. The van der Waals surface area contributed by atoms with Crippen LogP contribution in [0.5, 0.6) is 5.75 Å². The molecule has 0 radical (unpaired) electrons. The van der Waals surface area contributed by atoms with Crippen molar-refractivity contribution in [3.05, 3.63) is 71.8 Å². The Morgan fingerprint density at radius 1 is 1.12 bits per heavy atom. The molecule has 0 saturated carbocycles. The van der Waals surface area contributed by atoms with Crippen LogP contribution in [0.3, 0.4) is 0 Å². The van der Waals surface area contributed by atoms with Crippen LogP contribution < -0.4 is 15.4 Å². The summed E-state index contributed by atoms with van der Waals surface area (Å²) in [7, 11) is 0. The van der Waals surface area contributed by atoms with Crippen molar-refractivity contribution in [1.29, 1.82) is 0 Å². The SMILES string of the molecule is CC(C)=CCN(c1ccc(OCc2ccccc2)cc1)[C@H]1CCN(CC(N)CC(C)C)C1. The zero-order chi connectivity index (χ0) is 22.9. The lowest BCUT2D eigenvalue weighted by atomic mass is 10.0. The number of likely N-dealkylation sites (tertiary alicyclic amines) is 1. The van der Waals surface area contributed by atoms with Gasteiger partial charge in [0.25, 0.3) is 0 Å². The van der Waals surface area contributed by atoms with Crippen molar-refractivity contribution in [3.8, 4) is 5.75 Å². The highest BCUT2D eigenvalue weighted by Crippen LogP contribution is 2.26. The van der Waals surface area contributed by atoms with E-state index in [4.69, 9.17) is 10.5 Å². The van der Waals surface area contributed by atoms with Crippen LogP contribution in [0.1, 0.15) is 46.1 Å². The number of ether oxygens (including phenoxy) is 1. The van der Waals surface area contributed by atoms with Gasteiger partial charge >= 0.3 is 0 Å². The van der Waals surface area contributed by atoms with Crippen molar-refractivity contribution in [2.45, 2.75) is 59.2 Å². The third-order valence-electron chi connectivity index (χ3n) is 6.07. The van der Waals surface area contributed by atoms with Gasteiger partial charge < -0.3 is 15.4 Å².